The van der Waals surface area contributed by atoms with Crippen molar-refractivity contribution in [2.45, 2.75) is 19.5 Å². The van der Waals surface area contributed by atoms with E-state index >= 15 is 0 Å². The van der Waals surface area contributed by atoms with Gasteiger partial charge in [-0.15, -0.1) is 0 Å². The van der Waals surface area contributed by atoms with Gasteiger partial charge in [0, 0.05) is 0 Å². The zero-order valence-corrected chi connectivity index (χ0v) is 11.8. The van der Waals surface area contributed by atoms with E-state index in [4.69, 9.17) is 17.3 Å². The number of rotatable bonds is 2. The minimum absolute atomic E-state index is 0.147. The number of nitrogen functional groups attached to an aromatic ring is 1. The van der Waals surface area contributed by atoms with Crippen LogP contribution in [0.5, 0.6) is 0 Å². The summed E-state index contributed by atoms with van der Waals surface area (Å²) in [6, 6.07) is 6.34. The van der Waals surface area contributed by atoms with Gasteiger partial charge in [-0.3, -0.25) is 0 Å². The Morgan fingerprint density at radius 3 is 2.43 bits per heavy atom. The average Bonchev–Trinajstić information content (AvgIpc) is 2.36. The lowest BCUT2D eigenvalue weighted by Gasteiger charge is -2.12. The summed E-state index contributed by atoms with van der Waals surface area (Å²) < 4.78 is 51.3. The Bertz CT molecular complexity index is 680. The summed E-state index contributed by atoms with van der Waals surface area (Å²) in [7, 11) is 0. The molecule has 6 heteroatoms. The minimum atomic E-state index is -4.73. The van der Waals surface area contributed by atoms with Gasteiger partial charge < -0.3 is 5.73 Å². The van der Waals surface area contributed by atoms with Gasteiger partial charge in [0.2, 0.25) is 0 Å². The highest BCUT2D eigenvalue weighted by atomic mass is 35.5. The van der Waals surface area contributed by atoms with E-state index in [0.717, 1.165) is 17.7 Å². The van der Waals surface area contributed by atoms with Gasteiger partial charge in [-0.05, 0) is 48.2 Å². The Labute approximate surface area is 124 Å². The first-order valence-electron chi connectivity index (χ1n) is 6.08. The molecule has 0 aromatic heterocycles. The fourth-order valence-corrected chi connectivity index (χ4v) is 2.30. The molecule has 0 aliphatic rings. The molecule has 0 fully saturated rings. The van der Waals surface area contributed by atoms with Crippen LogP contribution in [0.2, 0.25) is 5.02 Å². The van der Waals surface area contributed by atoms with E-state index in [0.29, 0.717) is 21.8 Å². The van der Waals surface area contributed by atoms with E-state index in [2.05, 4.69) is 0 Å². The molecule has 112 valence electrons. The number of halogens is 5. The molecular formula is C15H12ClF4N. The highest BCUT2D eigenvalue weighted by molar-refractivity contribution is 6.33. The van der Waals surface area contributed by atoms with Crippen LogP contribution in [0.4, 0.5) is 23.2 Å². The maximum absolute atomic E-state index is 13.2. The fraction of sp³-hybridized carbons (Fsp3) is 0.200. The second-order valence-electron chi connectivity index (χ2n) is 4.82. The summed E-state index contributed by atoms with van der Waals surface area (Å²) in [5, 5.41) is 0.304. The number of alkyl halides is 3. The SMILES string of the molecule is Cc1cc(N)c(Cl)c(Cc2ccc(F)c(C(F)(F)F)c2)c1. The van der Waals surface area contributed by atoms with E-state index in [1.165, 1.54) is 6.07 Å². The maximum atomic E-state index is 13.2. The second kappa shape index (κ2) is 5.56. The van der Waals surface area contributed by atoms with E-state index in [1.54, 1.807) is 12.1 Å². The number of anilines is 1. The third-order valence-corrected chi connectivity index (χ3v) is 3.51. The Hall–Kier alpha value is -1.75. The molecule has 2 N–H and O–H groups in total. The Morgan fingerprint density at radius 1 is 1.14 bits per heavy atom. The molecule has 0 atom stereocenters. The van der Waals surface area contributed by atoms with Crippen LogP contribution in [0, 0.1) is 12.7 Å². The summed E-state index contributed by atoms with van der Waals surface area (Å²) in [6.07, 6.45) is -4.58. The molecule has 0 bridgehead atoms. The minimum Gasteiger partial charge on any atom is -0.398 e. The largest absolute Gasteiger partial charge is 0.419 e. The number of aryl methyl sites for hydroxylation is 1. The van der Waals surface area contributed by atoms with Crippen molar-refractivity contribution in [2.75, 3.05) is 5.73 Å². The zero-order chi connectivity index (χ0) is 15.8. The first-order chi connectivity index (χ1) is 9.68. The quantitative estimate of drug-likeness (QED) is 0.613. The molecule has 2 rings (SSSR count). The number of nitrogens with two attached hydrogens (primary N) is 1. The molecule has 0 heterocycles. The molecule has 0 saturated heterocycles. The highest BCUT2D eigenvalue weighted by Gasteiger charge is 2.34. The predicted molar refractivity (Wildman–Crippen MR) is 74.8 cm³/mol. The molecule has 0 aliphatic heterocycles. The summed E-state index contributed by atoms with van der Waals surface area (Å²) >= 11 is 6.05. The summed E-state index contributed by atoms with van der Waals surface area (Å²) in [5.74, 6) is -1.29. The lowest BCUT2D eigenvalue weighted by atomic mass is 10.00. The first-order valence-corrected chi connectivity index (χ1v) is 6.46. The molecule has 0 unspecified atom stereocenters. The molecule has 0 amide bonds. The maximum Gasteiger partial charge on any atom is 0.419 e. The average molecular weight is 318 g/mol. The van der Waals surface area contributed by atoms with Crippen molar-refractivity contribution in [3.63, 3.8) is 0 Å². The van der Waals surface area contributed by atoms with Crippen LogP contribution >= 0.6 is 11.6 Å². The molecule has 0 spiro atoms. The van der Waals surface area contributed by atoms with Gasteiger partial charge in [-0.25, -0.2) is 4.39 Å². The van der Waals surface area contributed by atoms with E-state index in [9.17, 15) is 17.6 Å². The van der Waals surface area contributed by atoms with Gasteiger partial charge in [-0.2, -0.15) is 13.2 Å². The molecule has 21 heavy (non-hydrogen) atoms. The third kappa shape index (κ3) is 3.47. The van der Waals surface area contributed by atoms with Crippen LogP contribution in [0.25, 0.3) is 0 Å². The molecule has 1 nitrogen and oxygen atoms in total. The van der Waals surface area contributed by atoms with Crippen molar-refractivity contribution in [1.29, 1.82) is 0 Å². The van der Waals surface area contributed by atoms with Gasteiger partial charge >= 0.3 is 6.18 Å². The van der Waals surface area contributed by atoms with Gasteiger partial charge in [0.1, 0.15) is 5.82 Å². The lowest BCUT2D eigenvalue weighted by Crippen LogP contribution is -2.09. The van der Waals surface area contributed by atoms with Crippen LogP contribution in [0.15, 0.2) is 30.3 Å². The smallest absolute Gasteiger partial charge is 0.398 e. The standard InChI is InChI=1S/C15H12ClF4N/c1-8-4-10(14(16)13(21)5-8)6-9-2-3-12(17)11(7-9)15(18,19)20/h2-5,7H,6,21H2,1H3. The summed E-state index contributed by atoms with van der Waals surface area (Å²) in [5.41, 5.74) is 6.58. The zero-order valence-electron chi connectivity index (χ0n) is 11.1. The van der Waals surface area contributed by atoms with E-state index in [-0.39, 0.29) is 6.42 Å². The Morgan fingerprint density at radius 2 is 1.81 bits per heavy atom. The van der Waals surface area contributed by atoms with Crippen molar-refractivity contribution in [1.82, 2.24) is 0 Å². The lowest BCUT2D eigenvalue weighted by molar-refractivity contribution is -0.140. The van der Waals surface area contributed by atoms with Crippen LogP contribution in [-0.2, 0) is 12.6 Å². The van der Waals surface area contributed by atoms with Gasteiger partial charge in [0.15, 0.2) is 0 Å². The van der Waals surface area contributed by atoms with Crippen molar-refractivity contribution in [2.24, 2.45) is 0 Å². The van der Waals surface area contributed by atoms with Crippen LogP contribution in [0.3, 0.4) is 0 Å². The Kier molecular flexibility index (Phi) is 4.14. The third-order valence-electron chi connectivity index (χ3n) is 3.05. The summed E-state index contributed by atoms with van der Waals surface area (Å²) in [6.45, 7) is 1.81. The first kappa shape index (κ1) is 15.6. The topological polar surface area (TPSA) is 26.0 Å². The summed E-state index contributed by atoms with van der Waals surface area (Å²) in [4.78, 5) is 0. The number of hydrogen-bond acceptors (Lipinski definition) is 1. The normalized spacial score (nSPS) is 11.7. The molecule has 2 aromatic carbocycles. The van der Waals surface area contributed by atoms with Crippen molar-refractivity contribution >= 4 is 17.3 Å². The predicted octanol–water partition coefficient (Wildman–Crippen LogP) is 4.98. The van der Waals surface area contributed by atoms with Crippen molar-refractivity contribution < 1.29 is 17.6 Å². The highest BCUT2D eigenvalue weighted by Crippen LogP contribution is 2.33. The van der Waals surface area contributed by atoms with Crippen LogP contribution < -0.4 is 5.73 Å². The van der Waals surface area contributed by atoms with Gasteiger partial charge in [0.25, 0.3) is 0 Å². The molecule has 0 aliphatic carbocycles. The van der Waals surface area contributed by atoms with Crippen LogP contribution in [-0.4, -0.2) is 0 Å². The van der Waals surface area contributed by atoms with E-state index < -0.39 is 17.6 Å². The van der Waals surface area contributed by atoms with Crippen molar-refractivity contribution in [3.05, 3.63) is 63.4 Å². The fourth-order valence-electron chi connectivity index (χ4n) is 2.12. The number of hydrogen-bond donors (Lipinski definition) is 1. The monoisotopic (exact) mass is 317 g/mol. The molecule has 2 aromatic rings. The van der Waals surface area contributed by atoms with E-state index in [1.807, 2.05) is 6.92 Å². The second-order valence-corrected chi connectivity index (χ2v) is 5.19. The van der Waals surface area contributed by atoms with Crippen molar-refractivity contribution in [3.8, 4) is 0 Å². The van der Waals surface area contributed by atoms with Gasteiger partial charge in [0.05, 0.1) is 16.3 Å². The molecular weight excluding hydrogens is 306 g/mol. The molecule has 0 saturated carbocycles. The molecule has 0 radical (unpaired) electrons. The number of benzene rings is 2. The Balaban J connectivity index is 2.41. The van der Waals surface area contributed by atoms with Gasteiger partial charge in [-0.1, -0.05) is 23.7 Å². The van der Waals surface area contributed by atoms with Crippen LogP contribution in [0.1, 0.15) is 22.3 Å².